The van der Waals surface area contributed by atoms with E-state index in [1.165, 1.54) is 0 Å². The van der Waals surface area contributed by atoms with E-state index in [0.717, 1.165) is 14.7 Å². The number of hydrogen-bond acceptors (Lipinski definition) is 6. The summed E-state index contributed by atoms with van der Waals surface area (Å²) in [6, 6.07) is -2.32. The van der Waals surface area contributed by atoms with Crippen LogP contribution in [-0.2, 0) is 0 Å². The maximum atomic E-state index is 11.8. The Morgan fingerprint density at radius 1 is 0.944 bits per heavy atom. The van der Waals surface area contributed by atoms with Gasteiger partial charge in [0, 0.05) is 0 Å². The summed E-state index contributed by atoms with van der Waals surface area (Å²) in [4.78, 5) is 37.7. The number of carbonyl (C=O) groups is 3. The number of aliphatic hydroxyl groups is 3. The summed E-state index contributed by atoms with van der Waals surface area (Å²) in [6.45, 7) is -2.11. The van der Waals surface area contributed by atoms with Crippen molar-refractivity contribution in [3.63, 3.8) is 0 Å². The zero-order chi connectivity index (χ0) is 13.3. The van der Waals surface area contributed by atoms with Crippen LogP contribution >= 0.6 is 0 Å². The topological polar surface area (TPSA) is 122 Å². The molecule has 3 heterocycles. The Bertz CT molecular complexity index is 439. The third kappa shape index (κ3) is 0.769. The summed E-state index contributed by atoms with van der Waals surface area (Å²) in [6.07, 6.45) is 0. The lowest BCUT2D eigenvalue weighted by Crippen LogP contribution is -2.85. The lowest BCUT2D eigenvalue weighted by Gasteiger charge is -2.59. The molecule has 0 aromatic carbocycles. The summed E-state index contributed by atoms with van der Waals surface area (Å²) in [5.41, 5.74) is -2.99. The molecule has 0 spiro atoms. The highest BCUT2D eigenvalue weighted by molar-refractivity contribution is 6.20. The molecule has 0 atom stereocenters. The number of imide groups is 3. The van der Waals surface area contributed by atoms with Gasteiger partial charge < -0.3 is 15.3 Å². The standard InChI is InChI=1S/C9H11N3O6/c13-2-8(3-14,4-15)9-1-10-5(16)11(9)7(18)12(9)6(10)17/h13-15H,1-4H2. The van der Waals surface area contributed by atoms with Crippen LogP contribution in [0.15, 0.2) is 0 Å². The van der Waals surface area contributed by atoms with Crippen molar-refractivity contribution in [1.29, 1.82) is 0 Å². The Kier molecular flexibility index (Phi) is 1.89. The number of hydrogen-bond donors (Lipinski definition) is 3. The van der Waals surface area contributed by atoms with Crippen molar-refractivity contribution in [2.24, 2.45) is 5.41 Å². The summed E-state index contributed by atoms with van der Waals surface area (Å²) >= 11 is 0. The van der Waals surface area contributed by atoms with Gasteiger partial charge in [0.1, 0.15) is 0 Å². The molecule has 0 radical (unpaired) electrons. The molecule has 3 N–H and O–H groups in total. The van der Waals surface area contributed by atoms with Crippen molar-refractivity contribution in [1.82, 2.24) is 14.7 Å². The van der Waals surface area contributed by atoms with E-state index >= 15 is 0 Å². The number of rotatable bonds is 4. The molecule has 0 aliphatic carbocycles. The number of fused-ring (bicyclic) bond motifs is 1. The fraction of sp³-hybridized carbons (Fsp3) is 0.667. The summed E-state index contributed by atoms with van der Waals surface area (Å²) in [5, 5.41) is 28.3. The lowest BCUT2D eigenvalue weighted by molar-refractivity contribution is -0.156. The smallest absolute Gasteiger partial charge is 0.340 e. The van der Waals surface area contributed by atoms with Gasteiger partial charge in [0.15, 0.2) is 5.66 Å². The fourth-order valence-electron chi connectivity index (χ4n) is 2.94. The molecule has 18 heavy (non-hydrogen) atoms. The second kappa shape index (κ2) is 2.99. The van der Waals surface area contributed by atoms with Crippen molar-refractivity contribution >= 4 is 18.1 Å². The minimum Gasteiger partial charge on any atom is -0.395 e. The quantitative estimate of drug-likeness (QED) is 0.533. The first-order chi connectivity index (χ1) is 8.50. The number of nitrogens with zero attached hydrogens (tertiary/aromatic N) is 3. The SMILES string of the molecule is O=C1N2CC3(C(CO)(CO)CO)N1C(=O)N3C2=O. The zero-order valence-corrected chi connectivity index (χ0v) is 9.24. The Morgan fingerprint density at radius 2 is 1.39 bits per heavy atom. The third-order valence-corrected chi connectivity index (χ3v) is 4.10. The van der Waals surface area contributed by atoms with Crippen LogP contribution in [0.1, 0.15) is 0 Å². The number of aliphatic hydroxyl groups excluding tert-OH is 3. The Balaban J connectivity index is 2.15. The van der Waals surface area contributed by atoms with Gasteiger partial charge in [-0.15, -0.1) is 0 Å². The van der Waals surface area contributed by atoms with Crippen molar-refractivity contribution in [2.45, 2.75) is 5.66 Å². The van der Waals surface area contributed by atoms with Crippen LogP contribution < -0.4 is 0 Å². The van der Waals surface area contributed by atoms with Crippen LogP contribution in [0.4, 0.5) is 14.4 Å². The first-order valence-corrected chi connectivity index (χ1v) is 5.33. The van der Waals surface area contributed by atoms with Gasteiger partial charge in [-0.05, 0) is 0 Å². The van der Waals surface area contributed by atoms with Gasteiger partial charge >= 0.3 is 18.1 Å². The maximum absolute atomic E-state index is 11.8. The molecule has 3 fully saturated rings. The zero-order valence-electron chi connectivity index (χ0n) is 9.24. The molecule has 3 aliphatic rings. The molecule has 0 saturated carbocycles. The lowest BCUT2D eigenvalue weighted by atomic mass is 9.73. The molecule has 3 aliphatic heterocycles. The molecule has 3 rings (SSSR count). The van der Waals surface area contributed by atoms with Crippen LogP contribution in [0.25, 0.3) is 0 Å². The highest BCUT2D eigenvalue weighted by atomic mass is 16.3. The van der Waals surface area contributed by atoms with E-state index in [0.29, 0.717) is 0 Å². The van der Waals surface area contributed by atoms with Crippen molar-refractivity contribution in [3.05, 3.63) is 0 Å². The van der Waals surface area contributed by atoms with Gasteiger partial charge in [-0.2, -0.15) is 0 Å². The average molecular weight is 257 g/mol. The van der Waals surface area contributed by atoms with E-state index in [1.807, 2.05) is 0 Å². The van der Waals surface area contributed by atoms with Crippen molar-refractivity contribution < 1.29 is 29.7 Å². The van der Waals surface area contributed by atoms with Gasteiger partial charge in [-0.3, -0.25) is 0 Å². The predicted octanol–water partition coefficient (Wildman–Crippen LogP) is -2.05. The Labute approximate surface area is 101 Å². The van der Waals surface area contributed by atoms with Gasteiger partial charge in [-0.1, -0.05) is 0 Å². The fourth-order valence-corrected chi connectivity index (χ4v) is 2.94. The predicted molar refractivity (Wildman–Crippen MR) is 53.0 cm³/mol. The Hall–Kier alpha value is -1.71. The number of urea groups is 3. The minimum absolute atomic E-state index is 0.141. The maximum Gasteiger partial charge on any atom is 0.340 e. The summed E-state index contributed by atoms with van der Waals surface area (Å²) < 4.78 is 0. The second-order valence-electron chi connectivity index (χ2n) is 4.68. The summed E-state index contributed by atoms with van der Waals surface area (Å²) in [5.74, 6) is 0. The van der Waals surface area contributed by atoms with Crippen LogP contribution in [0.3, 0.4) is 0 Å². The minimum atomic E-state index is -1.53. The van der Waals surface area contributed by atoms with Gasteiger partial charge in [0.2, 0.25) is 0 Å². The monoisotopic (exact) mass is 257 g/mol. The summed E-state index contributed by atoms with van der Waals surface area (Å²) in [7, 11) is 0. The normalized spacial score (nSPS) is 24.2. The molecule has 3 saturated heterocycles. The molecular weight excluding hydrogens is 246 g/mol. The molecule has 2 bridgehead atoms. The highest BCUT2D eigenvalue weighted by Gasteiger charge is 2.82. The van der Waals surface area contributed by atoms with Crippen molar-refractivity contribution in [3.8, 4) is 0 Å². The van der Waals surface area contributed by atoms with E-state index in [4.69, 9.17) is 0 Å². The van der Waals surface area contributed by atoms with E-state index in [9.17, 15) is 29.7 Å². The van der Waals surface area contributed by atoms with Gasteiger partial charge in [-0.25, -0.2) is 29.1 Å². The largest absolute Gasteiger partial charge is 0.395 e. The highest BCUT2D eigenvalue weighted by Crippen LogP contribution is 2.55. The molecule has 0 aromatic rings. The van der Waals surface area contributed by atoms with Gasteiger partial charge in [0.25, 0.3) is 0 Å². The van der Waals surface area contributed by atoms with Crippen LogP contribution in [0, 0.1) is 5.41 Å². The molecule has 9 nitrogen and oxygen atoms in total. The third-order valence-electron chi connectivity index (χ3n) is 4.10. The molecule has 9 heteroatoms. The van der Waals surface area contributed by atoms with E-state index < -0.39 is 49.0 Å². The molecule has 98 valence electrons. The molecule has 0 aromatic heterocycles. The van der Waals surface area contributed by atoms with Crippen LogP contribution in [0.2, 0.25) is 0 Å². The van der Waals surface area contributed by atoms with E-state index in [2.05, 4.69) is 0 Å². The van der Waals surface area contributed by atoms with Crippen LogP contribution in [-0.4, -0.2) is 80.1 Å². The molecular formula is C9H11N3O6. The number of amides is 6. The van der Waals surface area contributed by atoms with Crippen molar-refractivity contribution in [2.75, 3.05) is 26.4 Å². The van der Waals surface area contributed by atoms with E-state index in [1.54, 1.807) is 0 Å². The Morgan fingerprint density at radius 3 is 1.78 bits per heavy atom. The molecule has 0 unspecified atom stereocenters. The average Bonchev–Trinajstić information content (AvgIpc) is 2.76. The first-order valence-electron chi connectivity index (χ1n) is 5.33. The first kappa shape index (κ1) is 11.4. The second-order valence-corrected chi connectivity index (χ2v) is 4.68. The number of carbonyl (C=O) groups excluding carboxylic acids is 3. The van der Waals surface area contributed by atoms with Gasteiger partial charge in [0.05, 0.1) is 31.8 Å². The van der Waals surface area contributed by atoms with E-state index in [-0.39, 0.29) is 6.54 Å². The molecule has 6 amide bonds. The van der Waals surface area contributed by atoms with Crippen LogP contribution in [0.5, 0.6) is 0 Å².